The van der Waals surface area contributed by atoms with Gasteiger partial charge in [0, 0.05) is 18.7 Å². The molecule has 1 unspecified atom stereocenters. The Morgan fingerprint density at radius 2 is 2.00 bits per heavy atom. The van der Waals surface area contributed by atoms with E-state index in [4.69, 9.17) is 9.76 Å². The predicted octanol–water partition coefficient (Wildman–Crippen LogP) is 0.220. The molecular formula is C19H21BN2O6. The van der Waals surface area contributed by atoms with Crippen molar-refractivity contribution in [1.82, 2.24) is 10.6 Å². The molecular weight excluding hydrogens is 363 g/mol. The molecule has 8 nitrogen and oxygen atoms in total. The monoisotopic (exact) mass is 384 g/mol. The fourth-order valence-electron chi connectivity index (χ4n) is 3.10. The highest BCUT2D eigenvalue weighted by Gasteiger charge is 2.37. The number of carbonyl (C=O) groups is 2. The van der Waals surface area contributed by atoms with Crippen LogP contribution in [0.15, 0.2) is 42.5 Å². The highest BCUT2D eigenvalue weighted by Crippen LogP contribution is 2.30. The molecule has 5 N–H and O–H groups in total. The molecule has 2 aromatic rings. The molecule has 9 heteroatoms. The predicted molar refractivity (Wildman–Crippen MR) is 102 cm³/mol. The molecule has 3 rings (SSSR count). The number of hydrogen-bond acceptors (Lipinski definition) is 6. The van der Waals surface area contributed by atoms with Crippen LogP contribution in [0.5, 0.6) is 5.75 Å². The zero-order valence-corrected chi connectivity index (χ0v) is 15.1. The number of carboxylic acid groups (broad SMARTS) is 1. The van der Waals surface area contributed by atoms with Crippen molar-refractivity contribution in [2.24, 2.45) is 0 Å². The van der Waals surface area contributed by atoms with Gasteiger partial charge in [-0.15, -0.1) is 0 Å². The number of carboxylic acids is 1. The minimum Gasteiger partial charge on any atom is -0.534 e. The second kappa shape index (κ2) is 8.88. The summed E-state index contributed by atoms with van der Waals surface area (Å²) in [6.45, 7) is 1.01. The summed E-state index contributed by atoms with van der Waals surface area (Å²) in [7, 11) is -1.36. The molecule has 0 saturated carbocycles. The molecule has 2 aromatic carbocycles. The number of hydrogen-bond donors (Lipinski definition) is 5. The van der Waals surface area contributed by atoms with Gasteiger partial charge in [-0.3, -0.25) is 4.79 Å². The average molecular weight is 384 g/mol. The van der Waals surface area contributed by atoms with Crippen molar-refractivity contribution < 1.29 is 29.5 Å². The summed E-state index contributed by atoms with van der Waals surface area (Å²) >= 11 is 0. The van der Waals surface area contributed by atoms with Gasteiger partial charge in [0.15, 0.2) is 0 Å². The Labute approximate surface area is 162 Å². The standard InChI is InChI=1S/C19H21BN2O6/c23-8-7-21-11-12-3-1-5-14(9-12)18(24)22-16-10-13-4-2-6-15(19(25)26)17(13)28-20(16)27/h1-6,9,16,21,23,27H,7-8,10-11H2,(H,22,24)(H,25,26). The van der Waals surface area contributed by atoms with E-state index in [1.54, 1.807) is 30.3 Å². The quantitative estimate of drug-likeness (QED) is 0.341. The minimum atomic E-state index is -1.36. The van der Waals surface area contributed by atoms with E-state index < -0.39 is 19.0 Å². The normalized spacial score (nSPS) is 15.5. The summed E-state index contributed by atoms with van der Waals surface area (Å²) in [5.74, 6) is -2.09. The summed E-state index contributed by atoms with van der Waals surface area (Å²) in [5, 5.41) is 34.1. The second-order valence-corrected chi connectivity index (χ2v) is 6.49. The number of para-hydroxylation sites is 1. The van der Waals surface area contributed by atoms with Crippen LogP contribution in [0.4, 0.5) is 0 Å². The van der Waals surface area contributed by atoms with E-state index in [1.807, 2.05) is 6.07 Å². The molecule has 0 radical (unpaired) electrons. The summed E-state index contributed by atoms with van der Waals surface area (Å²) in [5.41, 5.74) is 1.90. The Morgan fingerprint density at radius 3 is 2.75 bits per heavy atom. The number of aliphatic hydroxyl groups excluding tert-OH is 1. The molecule has 0 aliphatic carbocycles. The molecule has 1 amide bonds. The van der Waals surface area contributed by atoms with Gasteiger partial charge in [-0.25, -0.2) is 4.79 Å². The number of aromatic carboxylic acids is 1. The Morgan fingerprint density at radius 1 is 1.21 bits per heavy atom. The van der Waals surface area contributed by atoms with Crippen LogP contribution in [0, 0.1) is 0 Å². The van der Waals surface area contributed by atoms with Gasteiger partial charge in [0.2, 0.25) is 0 Å². The highest BCUT2D eigenvalue weighted by atomic mass is 16.5. The van der Waals surface area contributed by atoms with Crippen molar-refractivity contribution in [3.63, 3.8) is 0 Å². The van der Waals surface area contributed by atoms with Gasteiger partial charge in [0.25, 0.3) is 5.91 Å². The molecule has 1 heterocycles. The molecule has 146 valence electrons. The van der Waals surface area contributed by atoms with Crippen LogP contribution in [-0.2, 0) is 13.0 Å². The molecule has 0 bridgehead atoms. The molecule has 1 atom stereocenters. The van der Waals surface area contributed by atoms with Gasteiger partial charge < -0.3 is 30.5 Å². The third-order valence-corrected chi connectivity index (χ3v) is 4.47. The third kappa shape index (κ3) is 4.51. The van der Waals surface area contributed by atoms with Crippen LogP contribution in [0.3, 0.4) is 0 Å². The SMILES string of the molecule is O=C(NC1Cc2cccc(C(=O)O)c2OB1O)c1cccc(CNCCO)c1. The van der Waals surface area contributed by atoms with Crippen molar-refractivity contribution >= 4 is 19.0 Å². The molecule has 28 heavy (non-hydrogen) atoms. The number of fused-ring (bicyclic) bond motifs is 1. The Bertz CT molecular complexity index is 875. The number of carbonyl (C=O) groups excluding carboxylic acids is 1. The number of nitrogens with one attached hydrogen (secondary N) is 2. The lowest BCUT2D eigenvalue weighted by atomic mass is 9.72. The zero-order chi connectivity index (χ0) is 20.1. The van der Waals surface area contributed by atoms with Gasteiger partial charge in [-0.05, 0) is 35.7 Å². The maximum atomic E-state index is 12.6. The summed E-state index contributed by atoms with van der Waals surface area (Å²) in [4.78, 5) is 23.9. The largest absolute Gasteiger partial charge is 0.547 e. The van der Waals surface area contributed by atoms with Crippen LogP contribution in [0.2, 0.25) is 0 Å². The van der Waals surface area contributed by atoms with E-state index in [-0.39, 0.29) is 30.2 Å². The molecule has 0 spiro atoms. The Kier molecular flexibility index (Phi) is 6.30. The van der Waals surface area contributed by atoms with Crippen LogP contribution in [0.1, 0.15) is 31.8 Å². The van der Waals surface area contributed by atoms with Crippen molar-refractivity contribution in [1.29, 1.82) is 0 Å². The summed E-state index contributed by atoms with van der Waals surface area (Å²) in [6, 6.07) is 11.7. The van der Waals surface area contributed by atoms with Gasteiger partial charge in [0.05, 0.1) is 18.1 Å². The Balaban J connectivity index is 1.70. The fourth-order valence-corrected chi connectivity index (χ4v) is 3.10. The first-order valence-corrected chi connectivity index (χ1v) is 8.91. The summed E-state index contributed by atoms with van der Waals surface area (Å²) < 4.78 is 5.39. The van der Waals surface area contributed by atoms with Gasteiger partial charge in [-0.1, -0.05) is 24.3 Å². The van der Waals surface area contributed by atoms with Crippen LogP contribution in [0.25, 0.3) is 0 Å². The van der Waals surface area contributed by atoms with E-state index in [1.165, 1.54) is 6.07 Å². The van der Waals surface area contributed by atoms with Crippen LogP contribution >= 0.6 is 0 Å². The first-order valence-electron chi connectivity index (χ1n) is 8.91. The van der Waals surface area contributed by atoms with Crippen LogP contribution in [-0.4, -0.2) is 53.3 Å². The maximum absolute atomic E-state index is 12.6. The van der Waals surface area contributed by atoms with Crippen molar-refractivity contribution in [2.45, 2.75) is 18.9 Å². The molecule has 0 fully saturated rings. The molecule has 0 saturated heterocycles. The fraction of sp³-hybridized carbons (Fsp3) is 0.263. The van der Waals surface area contributed by atoms with Crippen molar-refractivity contribution in [3.05, 3.63) is 64.7 Å². The zero-order valence-electron chi connectivity index (χ0n) is 15.1. The molecule has 1 aliphatic heterocycles. The minimum absolute atomic E-state index is 0.0237. The van der Waals surface area contributed by atoms with Gasteiger partial charge >= 0.3 is 13.1 Å². The van der Waals surface area contributed by atoms with Gasteiger partial charge in [-0.2, -0.15) is 0 Å². The lowest BCUT2D eigenvalue weighted by Gasteiger charge is -2.28. The van der Waals surface area contributed by atoms with Crippen molar-refractivity contribution in [3.8, 4) is 5.75 Å². The van der Waals surface area contributed by atoms with E-state index >= 15 is 0 Å². The number of benzene rings is 2. The topological polar surface area (TPSA) is 128 Å². The van der Waals surface area contributed by atoms with E-state index in [0.717, 1.165) is 5.56 Å². The lowest BCUT2D eigenvalue weighted by molar-refractivity contribution is 0.0693. The Hall–Kier alpha value is -2.88. The first kappa shape index (κ1) is 19.9. The molecule has 1 aliphatic rings. The number of aliphatic hydroxyl groups is 1. The second-order valence-electron chi connectivity index (χ2n) is 6.49. The average Bonchev–Trinajstić information content (AvgIpc) is 2.68. The highest BCUT2D eigenvalue weighted by molar-refractivity contribution is 6.47. The molecule has 0 aromatic heterocycles. The van der Waals surface area contributed by atoms with Gasteiger partial charge in [0.1, 0.15) is 5.75 Å². The lowest BCUT2D eigenvalue weighted by Crippen LogP contribution is -2.53. The number of rotatable bonds is 7. The first-order chi connectivity index (χ1) is 13.5. The smallest absolute Gasteiger partial charge is 0.534 e. The summed E-state index contributed by atoms with van der Waals surface area (Å²) in [6.07, 6.45) is 0.251. The number of amides is 1. The third-order valence-electron chi connectivity index (χ3n) is 4.47. The van der Waals surface area contributed by atoms with E-state index in [0.29, 0.717) is 24.2 Å². The van der Waals surface area contributed by atoms with Crippen molar-refractivity contribution in [2.75, 3.05) is 13.2 Å². The van der Waals surface area contributed by atoms with Crippen LogP contribution < -0.4 is 15.3 Å². The van der Waals surface area contributed by atoms with E-state index in [9.17, 15) is 19.7 Å². The van der Waals surface area contributed by atoms with E-state index in [2.05, 4.69) is 10.6 Å². The maximum Gasteiger partial charge on any atom is 0.547 e.